The fourth-order valence-electron chi connectivity index (χ4n) is 2.82. The van der Waals surface area contributed by atoms with Crippen LogP contribution in [0.15, 0.2) is 24.5 Å². The number of rotatable bonds is 7. The summed E-state index contributed by atoms with van der Waals surface area (Å²) in [6.45, 7) is 7.84. The second kappa shape index (κ2) is 7.01. The number of pyridine rings is 1. The zero-order chi connectivity index (χ0) is 13.7. The summed E-state index contributed by atoms with van der Waals surface area (Å²) >= 11 is 0. The summed E-state index contributed by atoms with van der Waals surface area (Å²) in [7, 11) is 2.24. The van der Waals surface area contributed by atoms with E-state index in [1.165, 1.54) is 24.9 Å². The minimum atomic E-state index is 0.736. The van der Waals surface area contributed by atoms with E-state index in [9.17, 15) is 0 Å². The Morgan fingerprint density at radius 3 is 2.84 bits per heavy atom. The summed E-state index contributed by atoms with van der Waals surface area (Å²) in [5.74, 6) is 1.56. The molecule has 0 bridgehead atoms. The van der Waals surface area contributed by atoms with Crippen molar-refractivity contribution < 1.29 is 0 Å². The minimum Gasteiger partial charge on any atom is -0.316 e. The molecule has 1 aromatic heterocycles. The maximum atomic E-state index is 4.19. The molecule has 1 N–H and O–H groups in total. The molecule has 0 amide bonds. The van der Waals surface area contributed by atoms with Gasteiger partial charge in [-0.3, -0.25) is 9.88 Å². The van der Waals surface area contributed by atoms with Gasteiger partial charge in [-0.1, -0.05) is 19.9 Å². The molecule has 2 rings (SSSR count). The highest BCUT2D eigenvalue weighted by Crippen LogP contribution is 2.31. The van der Waals surface area contributed by atoms with Gasteiger partial charge in [0.1, 0.15) is 0 Å². The number of nitrogens with one attached hydrogen (secondary N) is 1. The Bertz CT molecular complexity index is 364. The molecule has 0 spiro atoms. The van der Waals surface area contributed by atoms with Crippen molar-refractivity contribution in [2.45, 2.75) is 39.3 Å². The Hall–Kier alpha value is -0.930. The maximum absolute atomic E-state index is 4.19. The van der Waals surface area contributed by atoms with E-state index < -0.39 is 0 Å². The number of aromatic nitrogens is 1. The van der Waals surface area contributed by atoms with Crippen molar-refractivity contribution in [1.29, 1.82) is 0 Å². The van der Waals surface area contributed by atoms with Crippen LogP contribution in [-0.4, -0.2) is 36.1 Å². The van der Waals surface area contributed by atoms with Crippen molar-refractivity contribution in [3.05, 3.63) is 30.1 Å². The molecular weight excluding hydrogens is 234 g/mol. The van der Waals surface area contributed by atoms with E-state index >= 15 is 0 Å². The first-order valence-electron chi connectivity index (χ1n) is 7.46. The molecule has 19 heavy (non-hydrogen) atoms. The molecule has 0 aliphatic heterocycles. The lowest BCUT2D eigenvalue weighted by Gasteiger charge is -2.43. The highest BCUT2D eigenvalue weighted by Gasteiger charge is 2.33. The summed E-state index contributed by atoms with van der Waals surface area (Å²) in [6.07, 6.45) is 6.52. The molecule has 106 valence electrons. The van der Waals surface area contributed by atoms with Crippen LogP contribution in [0.25, 0.3) is 0 Å². The second-order valence-corrected chi connectivity index (χ2v) is 6.23. The minimum absolute atomic E-state index is 0.736. The van der Waals surface area contributed by atoms with Gasteiger partial charge in [0.2, 0.25) is 0 Å². The molecule has 1 aromatic rings. The fourth-order valence-corrected chi connectivity index (χ4v) is 2.82. The van der Waals surface area contributed by atoms with Gasteiger partial charge in [0.15, 0.2) is 0 Å². The van der Waals surface area contributed by atoms with Gasteiger partial charge in [-0.2, -0.15) is 0 Å². The second-order valence-electron chi connectivity index (χ2n) is 6.23. The van der Waals surface area contributed by atoms with E-state index in [2.05, 4.69) is 42.2 Å². The lowest BCUT2D eigenvalue weighted by Crippen LogP contribution is -2.48. The van der Waals surface area contributed by atoms with Crippen LogP contribution in [0.5, 0.6) is 0 Å². The third kappa shape index (κ3) is 4.29. The van der Waals surface area contributed by atoms with Crippen LogP contribution in [0.1, 0.15) is 32.3 Å². The first kappa shape index (κ1) is 14.5. The average Bonchev–Trinajstić information content (AvgIpc) is 2.34. The normalized spacial score (nSPS) is 22.8. The topological polar surface area (TPSA) is 28.2 Å². The van der Waals surface area contributed by atoms with Crippen LogP contribution < -0.4 is 5.32 Å². The van der Waals surface area contributed by atoms with Crippen molar-refractivity contribution in [2.75, 3.05) is 20.1 Å². The Kier molecular flexibility index (Phi) is 5.34. The molecule has 1 heterocycles. The third-order valence-corrected chi connectivity index (χ3v) is 4.06. The SMILES string of the molecule is CC(C)CNCC1CCC1N(C)Cc1cccnc1. The lowest BCUT2D eigenvalue weighted by atomic mass is 9.78. The third-order valence-electron chi connectivity index (χ3n) is 4.06. The molecule has 3 heteroatoms. The van der Waals surface area contributed by atoms with Gasteiger partial charge in [-0.15, -0.1) is 0 Å². The van der Waals surface area contributed by atoms with Gasteiger partial charge in [0.05, 0.1) is 0 Å². The zero-order valence-corrected chi connectivity index (χ0v) is 12.5. The number of nitrogens with zero attached hydrogens (tertiary/aromatic N) is 2. The quantitative estimate of drug-likeness (QED) is 0.817. The van der Waals surface area contributed by atoms with Crippen molar-refractivity contribution in [2.24, 2.45) is 11.8 Å². The molecular formula is C16H27N3. The van der Waals surface area contributed by atoms with E-state index in [0.29, 0.717) is 0 Å². The molecule has 2 unspecified atom stereocenters. The molecule has 2 atom stereocenters. The molecule has 3 nitrogen and oxygen atoms in total. The highest BCUT2D eigenvalue weighted by atomic mass is 15.1. The smallest absolute Gasteiger partial charge is 0.0312 e. The molecule has 1 fully saturated rings. The molecule has 0 radical (unpaired) electrons. The van der Waals surface area contributed by atoms with E-state index in [-0.39, 0.29) is 0 Å². The number of hydrogen-bond acceptors (Lipinski definition) is 3. The van der Waals surface area contributed by atoms with Crippen molar-refractivity contribution >= 4 is 0 Å². The van der Waals surface area contributed by atoms with Gasteiger partial charge in [-0.25, -0.2) is 0 Å². The largest absolute Gasteiger partial charge is 0.316 e. The monoisotopic (exact) mass is 261 g/mol. The predicted octanol–water partition coefficient (Wildman–Crippen LogP) is 2.54. The van der Waals surface area contributed by atoms with E-state index in [4.69, 9.17) is 0 Å². The molecule has 0 aromatic carbocycles. The van der Waals surface area contributed by atoms with Crippen LogP contribution in [0, 0.1) is 11.8 Å². The van der Waals surface area contributed by atoms with Crippen LogP contribution in [0.4, 0.5) is 0 Å². The highest BCUT2D eigenvalue weighted by molar-refractivity contribution is 5.08. The first-order valence-corrected chi connectivity index (χ1v) is 7.46. The van der Waals surface area contributed by atoms with E-state index in [1.54, 1.807) is 0 Å². The van der Waals surface area contributed by atoms with Gasteiger partial charge in [0, 0.05) is 25.0 Å². The van der Waals surface area contributed by atoms with Crippen molar-refractivity contribution in [1.82, 2.24) is 15.2 Å². The summed E-state index contributed by atoms with van der Waals surface area (Å²) in [5, 5.41) is 3.60. The summed E-state index contributed by atoms with van der Waals surface area (Å²) in [6, 6.07) is 4.92. The maximum Gasteiger partial charge on any atom is 0.0312 e. The van der Waals surface area contributed by atoms with Crippen LogP contribution in [-0.2, 0) is 6.54 Å². The van der Waals surface area contributed by atoms with Gasteiger partial charge >= 0.3 is 0 Å². The van der Waals surface area contributed by atoms with Crippen LogP contribution in [0.2, 0.25) is 0 Å². The predicted molar refractivity (Wildman–Crippen MR) is 79.9 cm³/mol. The lowest BCUT2D eigenvalue weighted by molar-refractivity contribution is 0.0776. The molecule has 1 aliphatic carbocycles. The standard InChI is InChI=1S/C16H27N3/c1-13(2)9-18-11-15-6-7-16(15)19(3)12-14-5-4-8-17-10-14/h4-5,8,10,13,15-16,18H,6-7,9,11-12H2,1-3H3. The van der Waals surface area contributed by atoms with Crippen LogP contribution in [0.3, 0.4) is 0 Å². The van der Waals surface area contributed by atoms with E-state index in [1.807, 2.05) is 18.5 Å². The zero-order valence-electron chi connectivity index (χ0n) is 12.5. The van der Waals surface area contributed by atoms with Crippen molar-refractivity contribution in [3.8, 4) is 0 Å². The summed E-state index contributed by atoms with van der Waals surface area (Å²) < 4.78 is 0. The fraction of sp³-hybridized carbons (Fsp3) is 0.688. The Morgan fingerprint density at radius 2 is 2.26 bits per heavy atom. The van der Waals surface area contributed by atoms with E-state index in [0.717, 1.165) is 31.0 Å². The van der Waals surface area contributed by atoms with Gasteiger partial charge in [0.25, 0.3) is 0 Å². The molecule has 0 saturated heterocycles. The Morgan fingerprint density at radius 1 is 1.42 bits per heavy atom. The van der Waals surface area contributed by atoms with Crippen molar-refractivity contribution in [3.63, 3.8) is 0 Å². The summed E-state index contributed by atoms with van der Waals surface area (Å²) in [4.78, 5) is 6.68. The van der Waals surface area contributed by atoms with Gasteiger partial charge in [-0.05, 0) is 56.4 Å². The molecule has 1 aliphatic rings. The Balaban J connectivity index is 1.75. The summed E-state index contributed by atoms with van der Waals surface area (Å²) in [5.41, 5.74) is 1.31. The van der Waals surface area contributed by atoms with Gasteiger partial charge < -0.3 is 5.32 Å². The first-order chi connectivity index (χ1) is 9.16. The Labute approximate surface area is 117 Å². The average molecular weight is 261 g/mol. The molecule has 1 saturated carbocycles. The number of hydrogen-bond donors (Lipinski definition) is 1. The van der Waals surface area contributed by atoms with Crippen LogP contribution >= 0.6 is 0 Å².